The highest BCUT2D eigenvalue weighted by atomic mass is 32.1. The molecular formula is C12H17NO4S. The van der Waals surface area contributed by atoms with E-state index in [4.69, 9.17) is 5.11 Å². The summed E-state index contributed by atoms with van der Waals surface area (Å²) in [7, 11) is 1.29. The Balaban J connectivity index is 2.63. The van der Waals surface area contributed by atoms with Crippen LogP contribution in [-0.2, 0) is 9.53 Å². The van der Waals surface area contributed by atoms with E-state index in [2.05, 4.69) is 10.1 Å². The lowest BCUT2D eigenvalue weighted by Gasteiger charge is -2.15. The van der Waals surface area contributed by atoms with Gasteiger partial charge >= 0.3 is 5.97 Å². The molecule has 1 heterocycles. The van der Waals surface area contributed by atoms with Crippen LogP contribution in [0.15, 0.2) is 17.5 Å². The number of thiophene rings is 1. The van der Waals surface area contributed by atoms with E-state index in [0.29, 0.717) is 17.8 Å². The summed E-state index contributed by atoms with van der Waals surface area (Å²) < 4.78 is 4.58. The van der Waals surface area contributed by atoms with Crippen molar-refractivity contribution in [3.63, 3.8) is 0 Å². The summed E-state index contributed by atoms with van der Waals surface area (Å²) in [4.78, 5) is 24.0. The van der Waals surface area contributed by atoms with Gasteiger partial charge in [-0.1, -0.05) is 6.07 Å². The molecule has 6 heteroatoms. The fourth-order valence-corrected chi connectivity index (χ4v) is 2.17. The van der Waals surface area contributed by atoms with Crippen LogP contribution in [0.5, 0.6) is 0 Å². The first-order valence-corrected chi connectivity index (χ1v) is 6.55. The zero-order valence-corrected chi connectivity index (χ0v) is 11.0. The first kappa shape index (κ1) is 14.8. The number of carbonyl (C=O) groups is 2. The number of rotatable bonds is 8. The van der Waals surface area contributed by atoms with Gasteiger partial charge in [-0.05, 0) is 24.4 Å². The highest BCUT2D eigenvalue weighted by Crippen LogP contribution is 2.13. The Hall–Kier alpha value is -1.24. The Bertz CT molecular complexity index is 377. The van der Waals surface area contributed by atoms with Gasteiger partial charge in [-0.25, -0.2) is 0 Å². The van der Waals surface area contributed by atoms with Gasteiger partial charge in [-0.15, -0.1) is 11.3 Å². The van der Waals surface area contributed by atoms with E-state index < -0.39 is 12.0 Å². The van der Waals surface area contributed by atoms with Crippen molar-refractivity contribution in [2.75, 3.05) is 20.3 Å². The summed E-state index contributed by atoms with van der Waals surface area (Å²) in [6.45, 7) is 0.528. The molecule has 1 rings (SSSR count). The molecule has 0 aromatic carbocycles. The quantitative estimate of drug-likeness (QED) is 0.416. The van der Waals surface area contributed by atoms with Crippen LogP contribution < -0.4 is 5.32 Å². The number of esters is 1. The predicted molar refractivity (Wildman–Crippen MR) is 68.8 cm³/mol. The number of aliphatic hydroxyl groups is 1. The van der Waals surface area contributed by atoms with E-state index >= 15 is 0 Å². The maximum absolute atomic E-state index is 12.1. The highest BCUT2D eigenvalue weighted by Gasteiger charge is 2.23. The zero-order chi connectivity index (χ0) is 13.4. The number of nitrogens with one attached hydrogen (secondary N) is 1. The van der Waals surface area contributed by atoms with Gasteiger partial charge in [0.25, 0.3) is 0 Å². The molecule has 0 saturated carbocycles. The smallest absolute Gasteiger partial charge is 0.307 e. The summed E-state index contributed by atoms with van der Waals surface area (Å²) in [6, 6.07) is 2.92. The number of methoxy groups -OCH3 is 1. The van der Waals surface area contributed by atoms with Crippen molar-refractivity contribution in [3.8, 4) is 0 Å². The SMILES string of the molecule is COC(=O)CC(NCCCO)C(=O)c1cccs1. The van der Waals surface area contributed by atoms with Crippen molar-refractivity contribution in [2.45, 2.75) is 18.9 Å². The van der Waals surface area contributed by atoms with Gasteiger partial charge in [0.15, 0.2) is 5.78 Å². The van der Waals surface area contributed by atoms with Crippen LogP contribution in [-0.4, -0.2) is 43.2 Å². The average molecular weight is 271 g/mol. The van der Waals surface area contributed by atoms with Gasteiger partial charge in [-0.2, -0.15) is 0 Å². The van der Waals surface area contributed by atoms with Crippen LogP contribution in [0, 0.1) is 0 Å². The lowest BCUT2D eigenvalue weighted by atomic mass is 10.1. The van der Waals surface area contributed by atoms with Crippen molar-refractivity contribution in [3.05, 3.63) is 22.4 Å². The minimum Gasteiger partial charge on any atom is -0.469 e. The minimum absolute atomic E-state index is 0.00133. The molecule has 1 unspecified atom stereocenters. The van der Waals surface area contributed by atoms with Crippen LogP contribution in [0.1, 0.15) is 22.5 Å². The van der Waals surface area contributed by atoms with E-state index in [0.717, 1.165) is 0 Å². The Morgan fingerprint density at radius 1 is 1.56 bits per heavy atom. The number of Topliss-reactive ketones (excluding diaryl/α,β-unsaturated/α-hetero) is 1. The Morgan fingerprint density at radius 2 is 2.33 bits per heavy atom. The number of carbonyl (C=O) groups excluding carboxylic acids is 2. The van der Waals surface area contributed by atoms with Crippen molar-refractivity contribution in [1.82, 2.24) is 5.32 Å². The first-order chi connectivity index (χ1) is 8.69. The third-order valence-electron chi connectivity index (χ3n) is 2.40. The maximum Gasteiger partial charge on any atom is 0.307 e. The normalized spacial score (nSPS) is 12.1. The molecule has 2 N–H and O–H groups in total. The van der Waals surface area contributed by atoms with Crippen LogP contribution in [0.25, 0.3) is 0 Å². The van der Waals surface area contributed by atoms with Crippen LogP contribution in [0.4, 0.5) is 0 Å². The third-order valence-corrected chi connectivity index (χ3v) is 3.29. The van der Waals surface area contributed by atoms with Crippen molar-refractivity contribution in [1.29, 1.82) is 0 Å². The number of ether oxygens (including phenoxy) is 1. The summed E-state index contributed by atoms with van der Waals surface area (Å²) in [5.41, 5.74) is 0. The fourth-order valence-electron chi connectivity index (χ4n) is 1.45. The maximum atomic E-state index is 12.1. The standard InChI is InChI=1S/C12H17NO4S/c1-17-11(15)8-9(13-5-3-6-14)12(16)10-4-2-7-18-10/h2,4,7,9,13-14H,3,5-6,8H2,1H3. The molecule has 1 atom stereocenters. The van der Waals surface area contributed by atoms with Crippen molar-refractivity contribution < 1.29 is 19.4 Å². The summed E-state index contributed by atoms with van der Waals surface area (Å²) in [5, 5.41) is 13.5. The molecule has 1 aromatic rings. The lowest BCUT2D eigenvalue weighted by molar-refractivity contribution is -0.140. The van der Waals surface area contributed by atoms with E-state index in [1.807, 2.05) is 5.38 Å². The topological polar surface area (TPSA) is 75.6 Å². The third kappa shape index (κ3) is 4.56. The van der Waals surface area contributed by atoms with E-state index in [1.54, 1.807) is 12.1 Å². The van der Waals surface area contributed by atoms with E-state index in [1.165, 1.54) is 18.4 Å². The first-order valence-electron chi connectivity index (χ1n) is 5.67. The fraction of sp³-hybridized carbons (Fsp3) is 0.500. The van der Waals surface area contributed by atoms with Crippen LogP contribution in [0.3, 0.4) is 0 Å². The van der Waals surface area contributed by atoms with Gasteiger partial charge in [0, 0.05) is 6.61 Å². The van der Waals surface area contributed by atoms with Crippen LogP contribution >= 0.6 is 11.3 Å². The largest absolute Gasteiger partial charge is 0.469 e. The lowest BCUT2D eigenvalue weighted by Crippen LogP contribution is -2.39. The van der Waals surface area contributed by atoms with Crippen LogP contribution in [0.2, 0.25) is 0 Å². The second kappa shape index (κ2) is 7.97. The molecule has 0 aliphatic rings. The second-order valence-corrected chi connectivity index (χ2v) is 4.65. The predicted octanol–water partition coefficient (Wildman–Crippen LogP) is 0.835. The minimum atomic E-state index is -0.595. The Labute approximate surface area is 110 Å². The molecule has 100 valence electrons. The summed E-state index contributed by atoms with van der Waals surface area (Å²) >= 11 is 1.34. The molecule has 1 aromatic heterocycles. The van der Waals surface area contributed by atoms with Gasteiger partial charge in [0.05, 0.1) is 24.4 Å². The van der Waals surface area contributed by atoms with E-state index in [-0.39, 0.29) is 18.8 Å². The molecule has 0 aliphatic carbocycles. The number of aliphatic hydroxyl groups excluding tert-OH is 1. The van der Waals surface area contributed by atoms with Crippen molar-refractivity contribution >= 4 is 23.1 Å². The Morgan fingerprint density at radius 3 is 2.89 bits per heavy atom. The monoisotopic (exact) mass is 271 g/mol. The molecule has 0 amide bonds. The molecular weight excluding hydrogens is 254 g/mol. The Kier molecular flexibility index (Phi) is 6.56. The molecule has 0 aliphatic heterocycles. The zero-order valence-electron chi connectivity index (χ0n) is 10.2. The second-order valence-electron chi connectivity index (χ2n) is 3.71. The molecule has 0 radical (unpaired) electrons. The van der Waals surface area contributed by atoms with Gasteiger partial charge < -0.3 is 15.2 Å². The van der Waals surface area contributed by atoms with E-state index in [9.17, 15) is 9.59 Å². The van der Waals surface area contributed by atoms with Gasteiger partial charge in [0.1, 0.15) is 0 Å². The summed E-state index contributed by atoms with van der Waals surface area (Å²) in [5.74, 6) is -0.547. The number of hydrogen-bond acceptors (Lipinski definition) is 6. The number of ketones is 1. The molecule has 5 nitrogen and oxygen atoms in total. The van der Waals surface area contributed by atoms with Gasteiger partial charge in [0.2, 0.25) is 0 Å². The average Bonchev–Trinajstić information content (AvgIpc) is 2.90. The molecule has 0 spiro atoms. The molecule has 0 saturated heterocycles. The molecule has 18 heavy (non-hydrogen) atoms. The summed E-state index contributed by atoms with van der Waals surface area (Å²) in [6.07, 6.45) is 0.536. The molecule has 0 bridgehead atoms. The number of hydrogen-bond donors (Lipinski definition) is 2. The van der Waals surface area contributed by atoms with Gasteiger partial charge in [-0.3, -0.25) is 9.59 Å². The molecule has 0 fully saturated rings. The van der Waals surface area contributed by atoms with Crippen molar-refractivity contribution in [2.24, 2.45) is 0 Å². The highest BCUT2D eigenvalue weighted by molar-refractivity contribution is 7.12.